The summed E-state index contributed by atoms with van der Waals surface area (Å²) in [5.41, 5.74) is 4.18. The van der Waals surface area contributed by atoms with E-state index in [-0.39, 0.29) is 11.5 Å². The maximum atomic E-state index is 13.1. The molecule has 3 aromatic heterocycles. The van der Waals surface area contributed by atoms with Crippen LogP contribution in [0, 0.1) is 13.8 Å². The third-order valence-corrected chi connectivity index (χ3v) is 6.19. The monoisotopic (exact) mass is 431 g/mol. The van der Waals surface area contributed by atoms with Gasteiger partial charge in [0.25, 0.3) is 11.5 Å². The maximum Gasteiger partial charge on any atom is 0.267 e. The summed E-state index contributed by atoms with van der Waals surface area (Å²) < 4.78 is 7.03. The molecule has 164 valence electrons. The van der Waals surface area contributed by atoms with E-state index in [4.69, 9.17) is 4.52 Å². The largest absolute Gasteiger partial charge is 0.390 e. The van der Waals surface area contributed by atoms with E-state index < -0.39 is 5.60 Å². The zero-order chi connectivity index (χ0) is 22.6. The fourth-order valence-corrected chi connectivity index (χ4v) is 4.41. The number of hydrogen-bond donors (Lipinski definition) is 2. The Bertz CT molecular complexity index is 1390. The van der Waals surface area contributed by atoms with Crippen molar-refractivity contribution in [2.24, 2.45) is 7.05 Å². The first kappa shape index (κ1) is 20.4. The van der Waals surface area contributed by atoms with Crippen LogP contribution < -0.4 is 10.9 Å². The summed E-state index contributed by atoms with van der Waals surface area (Å²) in [6.07, 6.45) is 3.02. The van der Waals surface area contributed by atoms with Crippen molar-refractivity contribution in [1.82, 2.24) is 19.7 Å². The van der Waals surface area contributed by atoms with Crippen molar-refractivity contribution in [2.75, 3.05) is 5.32 Å². The van der Waals surface area contributed by atoms with E-state index in [1.165, 1.54) is 0 Å². The molecule has 0 atom stereocenters. The van der Waals surface area contributed by atoms with Gasteiger partial charge in [0.2, 0.25) is 5.89 Å². The van der Waals surface area contributed by atoms with Crippen LogP contribution in [0.3, 0.4) is 0 Å². The molecule has 0 bridgehead atoms. The average Bonchev–Trinajstić information content (AvgIpc) is 3.19. The van der Waals surface area contributed by atoms with E-state index in [0.29, 0.717) is 30.2 Å². The van der Waals surface area contributed by atoms with Crippen molar-refractivity contribution in [3.63, 3.8) is 0 Å². The van der Waals surface area contributed by atoms with Crippen molar-refractivity contribution < 1.29 is 9.63 Å². The standard InChI is InChI=1S/C24H25N5O3/c1-13-5-6-17(26-23-27-21(32-28-23)16-10-24(3,31)11-16)9-18(13)19-8-15-12-25-14(2)7-20(15)29(4)22(19)30/h5-9,12,16,31H,10-11H2,1-4H3,(H,26,28). The lowest BCUT2D eigenvalue weighted by Gasteiger charge is -2.38. The lowest BCUT2D eigenvalue weighted by molar-refractivity contribution is -0.0386. The minimum absolute atomic E-state index is 0.0674. The molecule has 0 aliphatic heterocycles. The SMILES string of the molecule is Cc1cc2c(cn1)cc(-c1cc(Nc3noc(C4CC(C)(O)C4)n3)ccc1C)c(=O)n2C. The summed E-state index contributed by atoms with van der Waals surface area (Å²) in [5.74, 6) is 0.962. The Morgan fingerprint density at radius 1 is 1.19 bits per heavy atom. The van der Waals surface area contributed by atoms with Gasteiger partial charge in [-0.1, -0.05) is 6.07 Å². The van der Waals surface area contributed by atoms with E-state index in [1.54, 1.807) is 24.7 Å². The van der Waals surface area contributed by atoms with E-state index in [2.05, 4.69) is 20.4 Å². The number of aliphatic hydroxyl groups is 1. The smallest absolute Gasteiger partial charge is 0.267 e. The van der Waals surface area contributed by atoms with Crippen LogP contribution in [0.2, 0.25) is 0 Å². The molecular weight excluding hydrogens is 406 g/mol. The molecule has 5 rings (SSSR count). The second-order valence-electron chi connectivity index (χ2n) is 9.02. The Balaban J connectivity index is 1.48. The van der Waals surface area contributed by atoms with Crippen LogP contribution in [-0.2, 0) is 7.05 Å². The normalized spacial score (nSPS) is 20.3. The highest BCUT2D eigenvalue weighted by molar-refractivity contribution is 5.85. The van der Waals surface area contributed by atoms with Gasteiger partial charge in [-0.05, 0) is 74.2 Å². The molecule has 4 aromatic rings. The van der Waals surface area contributed by atoms with Crippen molar-refractivity contribution >= 4 is 22.5 Å². The first-order valence-electron chi connectivity index (χ1n) is 10.6. The Morgan fingerprint density at radius 3 is 2.72 bits per heavy atom. The molecule has 0 radical (unpaired) electrons. The average molecular weight is 431 g/mol. The minimum atomic E-state index is -0.654. The first-order chi connectivity index (χ1) is 15.2. The number of pyridine rings is 2. The van der Waals surface area contributed by atoms with Gasteiger partial charge in [0.15, 0.2) is 0 Å². The van der Waals surface area contributed by atoms with Gasteiger partial charge in [-0.2, -0.15) is 4.98 Å². The van der Waals surface area contributed by atoms with Crippen molar-refractivity contribution in [2.45, 2.75) is 45.1 Å². The molecule has 1 aliphatic carbocycles. The molecule has 0 unspecified atom stereocenters. The highest BCUT2D eigenvalue weighted by Gasteiger charge is 2.42. The number of benzene rings is 1. The summed E-state index contributed by atoms with van der Waals surface area (Å²) in [7, 11) is 1.78. The van der Waals surface area contributed by atoms with Gasteiger partial charge in [0.05, 0.1) is 11.1 Å². The number of aryl methyl sites for hydroxylation is 3. The van der Waals surface area contributed by atoms with Crippen LogP contribution in [0.5, 0.6) is 0 Å². The number of aromatic nitrogens is 4. The van der Waals surface area contributed by atoms with Crippen LogP contribution in [-0.4, -0.2) is 30.4 Å². The van der Waals surface area contributed by atoms with Crippen LogP contribution in [0.1, 0.15) is 42.8 Å². The number of anilines is 2. The molecule has 1 fully saturated rings. The zero-order valence-corrected chi connectivity index (χ0v) is 18.5. The number of rotatable bonds is 4. The van der Waals surface area contributed by atoms with Crippen LogP contribution >= 0.6 is 0 Å². The molecule has 1 saturated carbocycles. The van der Waals surface area contributed by atoms with Gasteiger partial charge in [-0.3, -0.25) is 9.78 Å². The molecule has 0 saturated heterocycles. The Hall–Kier alpha value is -3.52. The van der Waals surface area contributed by atoms with Gasteiger partial charge >= 0.3 is 0 Å². The Labute approximate surface area is 184 Å². The number of fused-ring (bicyclic) bond motifs is 1. The molecule has 1 aromatic carbocycles. The Kier molecular flexibility index (Phi) is 4.63. The van der Waals surface area contributed by atoms with E-state index in [1.807, 2.05) is 44.2 Å². The highest BCUT2D eigenvalue weighted by atomic mass is 16.5. The second kappa shape index (κ2) is 7.27. The van der Waals surface area contributed by atoms with Crippen LogP contribution in [0.15, 0.2) is 45.8 Å². The van der Waals surface area contributed by atoms with E-state index in [9.17, 15) is 9.90 Å². The van der Waals surface area contributed by atoms with Crippen LogP contribution in [0.25, 0.3) is 22.0 Å². The minimum Gasteiger partial charge on any atom is -0.390 e. The maximum absolute atomic E-state index is 13.1. The third-order valence-electron chi connectivity index (χ3n) is 6.19. The summed E-state index contributed by atoms with van der Waals surface area (Å²) >= 11 is 0. The quantitative estimate of drug-likeness (QED) is 0.503. The summed E-state index contributed by atoms with van der Waals surface area (Å²) in [6, 6.07) is 9.60. The summed E-state index contributed by atoms with van der Waals surface area (Å²) in [6.45, 7) is 5.69. The van der Waals surface area contributed by atoms with Crippen molar-refractivity contribution in [3.8, 4) is 11.1 Å². The van der Waals surface area contributed by atoms with Gasteiger partial charge in [0, 0.05) is 41.5 Å². The number of hydrogen-bond acceptors (Lipinski definition) is 7. The lowest BCUT2D eigenvalue weighted by atomic mass is 9.72. The van der Waals surface area contributed by atoms with Gasteiger partial charge in [-0.25, -0.2) is 0 Å². The third kappa shape index (κ3) is 3.56. The van der Waals surface area contributed by atoms with Gasteiger partial charge < -0.3 is 19.5 Å². The molecule has 3 heterocycles. The molecule has 2 N–H and O–H groups in total. The van der Waals surface area contributed by atoms with Gasteiger partial charge in [0.1, 0.15) is 0 Å². The topological polar surface area (TPSA) is 106 Å². The molecule has 0 amide bonds. The molecule has 32 heavy (non-hydrogen) atoms. The number of nitrogens with zero attached hydrogens (tertiary/aromatic N) is 4. The Morgan fingerprint density at radius 2 is 1.97 bits per heavy atom. The fraction of sp³-hybridized carbons (Fsp3) is 0.333. The summed E-state index contributed by atoms with van der Waals surface area (Å²) in [4.78, 5) is 21.9. The molecule has 0 spiro atoms. The van der Waals surface area contributed by atoms with Crippen molar-refractivity contribution in [1.29, 1.82) is 0 Å². The predicted octanol–water partition coefficient (Wildman–Crippen LogP) is 3.97. The zero-order valence-electron chi connectivity index (χ0n) is 18.5. The molecular formula is C24H25N5O3. The fourth-order valence-electron chi connectivity index (χ4n) is 4.41. The lowest BCUT2D eigenvalue weighted by Crippen LogP contribution is -2.39. The van der Waals surface area contributed by atoms with Crippen LogP contribution in [0.4, 0.5) is 11.6 Å². The predicted molar refractivity (Wildman–Crippen MR) is 122 cm³/mol. The highest BCUT2D eigenvalue weighted by Crippen LogP contribution is 2.43. The molecule has 8 nitrogen and oxygen atoms in total. The van der Waals surface area contributed by atoms with E-state index >= 15 is 0 Å². The summed E-state index contributed by atoms with van der Waals surface area (Å²) in [5, 5.41) is 18.0. The number of nitrogens with one attached hydrogen (secondary N) is 1. The molecule has 1 aliphatic rings. The first-order valence-corrected chi connectivity index (χ1v) is 10.6. The van der Waals surface area contributed by atoms with Crippen molar-refractivity contribution in [3.05, 3.63) is 64.0 Å². The van der Waals surface area contributed by atoms with Gasteiger partial charge in [-0.15, -0.1) is 0 Å². The second-order valence-corrected chi connectivity index (χ2v) is 9.02. The molecule has 8 heteroatoms. The van der Waals surface area contributed by atoms with E-state index in [0.717, 1.165) is 33.4 Å².